The SMILES string of the molecule is CCCCCCNC(=O)c1ccc2c(c1)[nH]c(=O)c(=O)n2CC. The quantitative estimate of drug-likeness (QED) is 0.605. The molecule has 0 aliphatic rings. The van der Waals surface area contributed by atoms with Gasteiger partial charge in [0.2, 0.25) is 0 Å². The molecule has 0 aliphatic heterocycles. The van der Waals surface area contributed by atoms with Crippen molar-refractivity contribution >= 4 is 16.9 Å². The number of amides is 1. The average molecular weight is 317 g/mol. The predicted octanol–water partition coefficient (Wildman–Crippen LogP) is 2.02. The van der Waals surface area contributed by atoms with E-state index < -0.39 is 11.1 Å². The molecule has 0 aliphatic carbocycles. The molecule has 6 nitrogen and oxygen atoms in total. The number of rotatable bonds is 7. The minimum absolute atomic E-state index is 0.168. The summed E-state index contributed by atoms with van der Waals surface area (Å²) in [5.41, 5.74) is 0.348. The number of hydrogen-bond donors (Lipinski definition) is 2. The molecule has 0 bridgehead atoms. The van der Waals surface area contributed by atoms with E-state index in [0.29, 0.717) is 29.7 Å². The molecule has 0 fully saturated rings. The number of carbonyl (C=O) groups excluding carboxylic acids is 1. The number of aromatic nitrogens is 2. The van der Waals surface area contributed by atoms with Crippen molar-refractivity contribution in [3.05, 3.63) is 44.5 Å². The Morgan fingerprint density at radius 2 is 1.96 bits per heavy atom. The minimum Gasteiger partial charge on any atom is -0.352 e. The second-order valence-electron chi connectivity index (χ2n) is 5.55. The second kappa shape index (κ2) is 7.76. The van der Waals surface area contributed by atoms with Crippen LogP contribution in [0.4, 0.5) is 0 Å². The number of benzene rings is 1. The first-order valence-corrected chi connectivity index (χ1v) is 8.13. The molecule has 6 heteroatoms. The van der Waals surface area contributed by atoms with E-state index >= 15 is 0 Å². The van der Waals surface area contributed by atoms with Crippen molar-refractivity contribution in [2.75, 3.05) is 6.54 Å². The van der Waals surface area contributed by atoms with Gasteiger partial charge in [-0.25, -0.2) is 0 Å². The second-order valence-corrected chi connectivity index (χ2v) is 5.55. The fraction of sp³-hybridized carbons (Fsp3) is 0.471. The molecule has 2 rings (SSSR count). The third-order valence-corrected chi connectivity index (χ3v) is 3.87. The molecule has 0 atom stereocenters. The topological polar surface area (TPSA) is 84.0 Å². The first kappa shape index (κ1) is 17.0. The van der Waals surface area contributed by atoms with E-state index in [4.69, 9.17) is 0 Å². The lowest BCUT2D eigenvalue weighted by Gasteiger charge is -2.09. The van der Waals surface area contributed by atoms with Gasteiger partial charge in [0.1, 0.15) is 0 Å². The van der Waals surface area contributed by atoms with Crippen LogP contribution in [0.15, 0.2) is 27.8 Å². The Morgan fingerprint density at radius 3 is 2.65 bits per heavy atom. The van der Waals surface area contributed by atoms with Crippen molar-refractivity contribution in [2.24, 2.45) is 0 Å². The molecule has 2 N–H and O–H groups in total. The Hall–Kier alpha value is -2.37. The summed E-state index contributed by atoms with van der Waals surface area (Å²) in [6, 6.07) is 4.99. The molecule has 0 unspecified atom stereocenters. The van der Waals surface area contributed by atoms with Gasteiger partial charge in [-0.15, -0.1) is 0 Å². The predicted molar refractivity (Wildman–Crippen MR) is 91.0 cm³/mol. The summed E-state index contributed by atoms with van der Waals surface area (Å²) in [6.45, 7) is 4.99. The third-order valence-electron chi connectivity index (χ3n) is 3.87. The first-order chi connectivity index (χ1) is 11.1. The van der Waals surface area contributed by atoms with Gasteiger partial charge in [-0.1, -0.05) is 26.2 Å². The van der Waals surface area contributed by atoms with Crippen LogP contribution in [0.3, 0.4) is 0 Å². The van der Waals surface area contributed by atoms with Crippen LogP contribution >= 0.6 is 0 Å². The lowest BCUT2D eigenvalue weighted by atomic mass is 10.1. The van der Waals surface area contributed by atoms with Gasteiger partial charge < -0.3 is 14.9 Å². The van der Waals surface area contributed by atoms with Gasteiger partial charge in [0, 0.05) is 18.7 Å². The molecular formula is C17H23N3O3. The molecule has 124 valence electrons. The molecule has 0 saturated carbocycles. The van der Waals surface area contributed by atoms with E-state index in [1.165, 1.54) is 11.0 Å². The van der Waals surface area contributed by atoms with E-state index in [2.05, 4.69) is 17.2 Å². The monoisotopic (exact) mass is 317 g/mol. The fourth-order valence-electron chi connectivity index (χ4n) is 2.59. The summed E-state index contributed by atoms with van der Waals surface area (Å²) >= 11 is 0. The van der Waals surface area contributed by atoms with E-state index in [1.54, 1.807) is 25.1 Å². The largest absolute Gasteiger partial charge is 0.352 e. The Morgan fingerprint density at radius 1 is 1.17 bits per heavy atom. The number of fused-ring (bicyclic) bond motifs is 1. The summed E-state index contributed by atoms with van der Waals surface area (Å²) in [5.74, 6) is -0.168. The smallest absolute Gasteiger partial charge is 0.316 e. The van der Waals surface area contributed by atoms with Crippen molar-refractivity contribution in [2.45, 2.75) is 46.1 Å². The standard InChI is InChI=1S/C17H23N3O3/c1-3-5-6-7-10-18-15(21)12-8-9-14-13(11-12)19-16(22)17(23)20(14)4-2/h8-9,11H,3-7,10H2,1-2H3,(H,18,21)(H,19,22). The molecule has 23 heavy (non-hydrogen) atoms. The Bertz CT molecular complexity index is 805. The van der Waals surface area contributed by atoms with E-state index in [9.17, 15) is 14.4 Å². The molecule has 1 amide bonds. The molecule has 0 radical (unpaired) electrons. The van der Waals surface area contributed by atoms with Crippen molar-refractivity contribution < 1.29 is 4.79 Å². The van der Waals surface area contributed by atoms with Gasteiger partial charge in [-0.2, -0.15) is 0 Å². The zero-order valence-corrected chi connectivity index (χ0v) is 13.6. The maximum Gasteiger partial charge on any atom is 0.316 e. The normalized spacial score (nSPS) is 10.9. The lowest BCUT2D eigenvalue weighted by molar-refractivity contribution is 0.0953. The highest BCUT2D eigenvalue weighted by Gasteiger charge is 2.10. The molecule has 1 aromatic heterocycles. The van der Waals surface area contributed by atoms with Crippen molar-refractivity contribution in [1.82, 2.24) is 14.9 Å². The minimum atomic E-state index is -0.670. The highest BCUT2D eigenvalue weighted by atomic mass is 16.2. The van der Waals surface area contributed by atoms with Gasteiger partial charge in [0.25, 0.3) is 5.91 Å². The Kier molecular flexibility index (Phi) is 5.73. The summed E-state index contributed by atoms with van der Waals surface area (Å²) in [7, 11) is 0. The highest BCUT2D eigenvalue weighted by Crippen LogP contribution is 2.11. The fourth-order valence-corrected chi connectivity index (χ4v) is 2.59. The summed E-state index contributed by atoms with van der Waals surface area (Å²) < 4.78 is 1.40. The number of nitrogens with one attached hydrogen (secondary N) is 2. The molecule has 0 spiro atoms. The summed E-state index contributed by atoms with van der Waals surface area (Å²) in [6.07, 6.45) is 4.39. The van der Waals surface area contributed by atoms with Gasteiger partial charge >= 0.3 is 11.1 Å². The summed E-state index contributed by atoms with van der Waals surface area (Å²) in [4.78, 5) is 38.2. The van der Waals surface area contributed by atoms with Crippen molar-refractivity contribution in [3.63, 3.8) is 0 Å². The number of nitrogens with zero attached hydrogens (tertiary/aromatic N) is 1. The van der Waals surface area contributed by atoms with E-state index in [1.807, 2.05) is 0 Å². The van der Waals surface area contributed by atoms with Gasteiger partial charge in [0.15, 0.2) is 0 Å². The molecule has 1 aromatic carbocycles. The van der Waals surface area contributed by atoms with Gasteiger partial charge in [0.05, 0.1) is 11.0 Å². The van der Waals surface area contributed by atoms with Crippen LogP contribution in [-0.2, 0) is 6.54 Å². The third kappa shape index (κ3) is 3.88. The van der Waals surface area contributed by atoms with Gasteiger partial charge in [-0.3, -0.25) is 14.4 Å². The Labute approximate surface area is 134 Å². The summed E-state index contributed by atoms with van der Waals surface area (Å²) in [5, 5.41) is 2.88. The van der Waals surface area contributed by atoms with Crippen LogP contribution in [0.25, 0.3) is 11.0 Å². The van der Waals surface area contributed by atoms with E-state index in [0.717, 1.165) is 19.3 Å². The van der Waals surface area contributed by atoms with Crippen LogP contribution in [-0.4, -0.2) is 22.0 Å². The average Bonchev–Trinajstić information content (AvgIpc) is 2.55. The molecule has 1 heterocycles. The van der Waals surface area contributed by atoms with Crippen molar-refractivity contribution in [1.29, 1.82) is 0 Å². The maximum atomic E-state index is 12.2. The van der Waals surface area contributed by atoms with Crippen LogP contribution in [0, 0.1) is 0 Å². The zero-order chi connectivity index (χ0) is 16.8. The van der Waals surface area contributed by atoms with Crippen LogP contribution in [0.1, 0.15) is 49.9 Å². The highest BCUT2D eigenvalue weighted by molar-refractivity contribution is 5.97. The van der Waals surface area contributed by atoms with Crippen LogP contribution < -0.4 is 16.4 Å². The Balaban J connectivity index is 2.20. The number of carbonyl (C=O) groups is 1. The van der Waals surface area contributed by atoms with Crippen LogP contribution in [0.5, 0.6) is 0 Å². The number of aryl methyl sites for hydroxylation is 1. The number of aromatic amines is 1. The maximum absolute atomic E-state index is 12.2. The number of H-pyrrole nitrogens is 1. The lowest BCUT2D eigenvalue weighted by Crippen LogP contribution is -2.36. The zero-order valence-electron chi connectivity index (χ0n) is 13.6. The van der Waals surface area contributed by atoms with E-state index in [-0.39, 0.29) is 5.91 Å². The van der Waals surface area contributed by atoms with Crippen LogP contribution in [0.2, 0.25) is 0 Å². The molecule has 0 saturated heterocycles. The molecule has 2 aromatic rings. The number of hydrogen-bond acceptors (Lipinski definition) is 3. The number of unbranched alkanes of at least 4 members (excludes halogenated alkanes) is 3. The van der Waals surface area contributed by atoms with Crippen molar-refractivity contribution in [3.8, 4) is 0 Å². The molecular weight excluding hydrogens is 294 g/mol. The van der Waals surface area contributed by atoms with Gasteiger partial charge in [-0.05, 0) is 31.5 Å². The first-order valence-electron chi connectivity index (χ1n) is 8.13.